The molecule has 0 atom stereocenters. The molecule has 0 aliphatic rings. The predicted octanol–water partition coefficient (Wildman–Crippen LogP) is 1.17. The molecule has 2 heteroatoms. The Morgan fingerprint density at radius 1 is 1.64 bits per heavy atom. The molecule has 0 spiro atoms. The van der Waals surface area contributed by atoms with Crippen molar-refractivity contribution < 1.29 is 9.67 Å². The summed E-state index contributed by atoms with van der Waals surface area (Å²) in [5.74, 6) is 0.289. The van der Waals surface area contributed by atoms with Crippen LogP contribution in [0.15, 0.2) is 31.0 Å². The monoisotopic (exact) mass is 150 g/mol. The van der Waals surface area contributed by atoms with Crippen molar-refractivity contribution in [3.63, 3.8) is 0 Å². The Morgan fingerprint density at radius 2 is 2.36 bits per heavy atom. The maximum Gasteiger partial charge on any atom is 0.211 e. The predicted molar refractivity (Wildman–Crippen MR) is 43.2 cm³/mol. The van der Waals surface area contributed by atoms with Crippen LogP contribution >= 0.6 is 0 Å². The van der Waals surface area contributed by atoms with Gasteiger partial charge in [-0.15, -0.1) is 0 Å². The second-order valence-corrected chi connectivity index (χ2v) is 2.47. The van der Waals surface area contributed by atoms with Crippen LogP contribution in [0.3, 0.4) is 0 Å². The Morgan fingerprint density at radius 3 is 3.00 bits per heavy atom. The van der Waals surface area contributed by atoms with Crippen LogP contribution in [-0.4, -0.2) is 5.11 Å². The van der Waals surface area contributed by atoms with Gasteiger partial charge < -0.3 is 5.11 Å². The molecular formula is C9H12NO+. The average Bonchev–Trinajstić information content (AvgIpc) is 1.98. The fourth-order valence-corrected chi connectivity index (χ4v) is 0.942. The zero-order chi connectivity index (χ0) is 8.27. The number of rotatable bonds is 2. The summed E-state index contributed by atoms with van der Waals surface area (Å²) in [6.07, 6.45) is 3.49. The maximum atomic E-state index is 9.11. The number of nitrogens with zero attached hydrogens (tertiary/aromatic N) is 1. The van der Waals surface area contributed by atoms with Gasteiger partial charge in [-0.05, 0) is 12.1 Å². The van der Waals surface area contributed by atoms with Gasteiger partial charge in [0.15, 0.2) is 18.0 Å². The summed E-state index contributed by atoms with van der Waals surface area (Å²) in [5, 5.41) is 9.11. The largest absolute Gasteiger partial charge is 0.503 e. The van der Waals surface area contributed by atoms with Crippen LogP contribution < -0.4 is 4.57 Å². The van der Waals surface area contributed by atoms with E-state index in [0.29, 0.717) is 0 Å². The van der Waals surface area contributed by atoms with Crippen molar-refractivity contribution >= 4 is 0 Å². The number of allylic oxidation sites excluding steroid dienone is 1. The van der Waals surface area contributed by atoms with Gasteiger partial charge in [-0.3, -0.25) is 0 Å². The van der Waals surface area contributed by atoms with Crippen molar-refractivity contribution in [1.82, 2.24) is 0 Å². The van der Waals surface area contributed by atoms with E-state index in [1.807, 2.05) is 17.6 Å². The van der Waals surface area contributed by atoms with Crippen LogP contribution in [0, 0.1) is 6.92 Å². The third-order valence-corrected chi connectivity index (χ3v) is 1.56. The number of hydrogen-bond donors (Lipinski definition) is 1. The van der Waals surface area contributed by atoms with Gasteiger partial charge in [0.05, 0.1) is 0 Å². The maximum absolute atomic E-state index is 9.11. The summed E-state index contributed by atoms with van der Waals surface area (Å²) in [6, 6.07) is 3.55. The molecule has 11 heavy (non-hydrogen) atoms. The van der Waals surface area contributed by atoms with Crippen LogP contribution in [0.25, 0.3) is 0 Å². The molecule has 1 aromatic rings. The van der Waals surface area contributed by atoms with E-state index in [1.165, 1.54) is 0 Å². The molecule has 1 aromatic heterocycles. The normalized spacial score (nSPS) is 9.55. The van der Waals surface area contributed by atoms with Crippen molar-refractivity contribution in [2.45, 2.75) is 13.5 Å². The number of aromatic hydroxyl groups is 1. The minimum atomic E-state index is 0.289. The Kier molecular flexibility index (Phi) is 2.26. The molecule has 0 saturated carbocycles. The molecule has 0 bridgehead atoms. The van der Waals surface area contributed by atoms with Gasteiger partial charge in [-0.25, -0.2) is 0 Å². The van der Waals surface area contributed by atoms with Crippen LogP contribution in [0.2, 0.25) is 0 Å². The molecule has 0 saturated heterocycles. The SMILES string of the molecule is C=CC[n+]1cc(O)ccc1C. The minimum Gasteiger partial charge on any atom is -0.503 e. The smallest absolute Gasteiger partial charge is 0.211 e. The van der Waals surface area contributed by atoms with E-state index >= 15 is 0 Å². The Hall–Kier alpha value is -1.31. The Balaban J connectivity index is 3.01. The Bertz CT molecular complexity index is 268. The lowest BCUT2D eigenvalue weighted by Crippen LogP contribution is -2.35. The molecule has 0 fully saturated rings. The van der Waals surface area contributed by atoms with E-state index in [4.69, 9.17) is 5.11 Å². The van der Waals surface area contributed by atoms with Crippen LogP contribution in [0.4, 0.5) is 0 Å². The molecule has 1 N–H and O–H groups in total. The van der Waals surface area contributed by atoms with Gasteiger partial charge >= 0.3 is 0 Å². The zero-order valence-electron chi connectivity index (χ0n) is 6.62. The van der Waals surface area contributed by atoms with Crippen LogP contribution in [0.1, 0.15) is 5.69 Å². The summed E-state index contributed by atoms with van der Waals surface area (Å²) in [6.45, 7) is 6.35. The molecular weight excluding hydrogens is 138 g/mol. The summed E-state index contributed by atoms with van der Waals surface area (Å²) < 4.78 is 1.93. The first kappa shape index (κ1) is 7.79. The number of aryl methyl sites for hydroxylation is 1. The molecule has 1 rings (SSSR count). The Labute approximate surface area is 66.4 Å². The van der Waals surface area contributed by atoms with Gasteiger partial charge in [0.25, 0.3) is 0 Å². The highest BCUT2D eigenvalue weighted by Crippen LogP contribution is 2.03. The lowest BCUT2D eigenvalue weighted by atomic mass is 10.3. The van der Waals surface area contributed by atoms with Crippen LogP contribution in [-0.2, 0) is 6.54 Å². The van der Waals surface area contributed by atoms with Crippen molar-refractivity contribution in [1.29, 1.82) is 0 Å². The topological polar surface area (TPSA) is 24.1 Å². The van der Waals surface area contributed by atoms with Gasteiger partial charge in [-0.1, -0.05) is 6.58 Å². The second kappa shape index (κ2) is 3.19. The van der Waals surface area contributed by atoms with E-state index in [1.54, 1.807) is 18.3 Å². The van der Waals surface area contributed by atoms with E-state index in [-0.39, 0.29) is 5.75 Å². The van der Waals surface area contributed by atoms with E-state index in [2.05, 4.69) is 6.58 Å². The van der Waals surface area contributed by atoms with Gasteiger partial charge in [0.2, 0.25) is 6.20 Å². The van der Waals surface area contributed by atoms with Crippen molar-refractivity contribution in [3.05, 3.63) is 36.7 Å². The average molecular weight is 150 g/mol. The summed E-state index contributed by atoms with van der Waals surface area (Å²) in [7, 11) is 0. The molecule has 2 nitrogen and oxygen atoms in total. The first-order valence-electron chi connectivity index (χ1n) is 3.54. The summed E-state index contributed by atoms with van der Waals surface area (Å²) >= 11 is 0. The van der Waals surface area contributed by atoms with Crippen molar-refractivity contribution in [3.8, 4) is 5.75 Å². The highest BCUT2D eigenvalue weighted by molar-refractivity contribution is 5.12. The van der Waals surface area contributed by atoms with Gasteiger partial charge in [0.1, 0.15) is 0 Å². The first-order chi connectivity index (χ1) is 5.24. The second-order valence-electron chi connectivity index (χ2n) is 2.47. The third kappa shape index (κ3) is 1.80. The quantitative estimate of drug-likeness (QED) is 0.496. The molecule has 0 aliphatic carbocycles. The standard InChI is InChI=1S/C9H11NO/c1-3-6-10-7-9(11)5-4-8(10)2/h3-5,7H,1,6H2,2H3/p+1. The fraction of sp³-hybridized carbons (Fsp3) is 0.222. The highest BCUT2D eigenvalue weighted by Gasteiger charge is 2.03. The lowest BCUT2D eigenvalue weighted by Gasteiger charge is -1.96. The molecule has 0 amide bonds. The fourth-order valence-electron chi connectivity index (χ4n) is 0.942. The molecule has 0 unspecified atom stereocenters. The van der Waals surface area contributed by atoms with E-state index in [9.17, 15) is 0 Å². The van der Waals surface area contributed by atoms with Crippen LogP contribution in [0.5, 0.6) is 5.75 Å². The van der Waals surface area contributed by atoms with E-state index < -0.39 is 0 Å². The third-order valence-electron chi connectivity index (χ3n) is 1.56. The van der Waals surface area contributed by atoms with Crippen molar-refractivity contribution in [2.75, 3.05) is 0 Å². The van der Waals surface area contributed by atoms with E-state index in [0.717, 1.165) is 12.2 Å². The molecule has 0 radical (unpaired) electrons. The summed E-state index contributed by atoms with van der Waals surface area (Å²) in [4.78, 5) is 0. The first-order valence-corrected chi connectivity index (χ1v) is 3.54. The highest BCUT2D eigenvalue weighted by atomic mass is 16.3. The number of aromatic nitrogens is 1. The lowest BCUT2D eigenvalue weighted by molar-refractivity contribution is -0.693. The molecule has 1 heterocycles. The zero-order valence-corrected chi connectivity index (χ0v) is 6.62. The number of pyridine rings is 1. The molecule has 58 valence electrons. The van der Waals surface area contributed by atoms with Gasteiger partial charge in [0, 0.05) is 13.0 Å². The minimum absolute atomic E-state index is 0.289. The molecule has 0 aliphatic heterocycles. The molecule has 0 aromatic carbocycles. The van der Waals surface area contributed by atoms with Gasteiger partial charge in [-0.2, -0.15) is 4.57 Å². The number of hydrogen-bond acceptors (Lipinski definition) is 1. The van der Waals surface area contributed by atoms with Crippen molar-refractivity contribution in [2.24, 2.45) is 0 Å². The summed E-state index contributed by atoms with van der Waals surface area (Å²) in [5.41, 5.74) is 1.11.